The number of hydrogen-bond acceptors (Lipinski definition) is 3. The highest BCUT2D eigenvalue weighted by atomic mass is 16.5. The molecule has 0 aromatic carbocycles. The highest BCUT2D eigenvalue weighted by Crippen LogP contribution is 2.05. The first kappa shape index (κ1) is 11.7. The summed E-state index contributed by atoms with van der Waals surface area (Å²) in [4.78, 5) is 23.0. The maximum absolute atomic E-state index is 11.1. The molecule has 0 rings (SSSR count). The van der Waals surface area contributed by atoms with Gasteiger partial charge in [0.25, 0.3) is 0 Å². The van der Waals surface area contributed by atoms with Crippen molar-refractivity contribution in [3.8, 4) is 0 Å². The Kier molecular flexibility index (Phi) is 4.87. The van der Waals surface area contributed by atoms with Crippen LogP contribution in [0, 0.1) is 0 Å². The molecule has 13 heavy (non-hydrogen) atoms. The van der Waals surface area contributed by atoms with Gasteiger partial charge in [0.1, 0.15) is 6.04 Å². The molecule has 5 heteroatoms. The van der Waals surface area contributed by atoms with Crippen LogP contribution in [0.2, 0.25) is 0 Å². The molecule has 5 nitrogen and oxygen atoms in total. The maximum atomic E-state index is 11.1. The van der Waals surface area contributed by atoms with E-state index in [2.05, 4.69) is 4.74 Å². The van der Waals surface area contributed by atoms with Crippen molar-refractivity contribution in [2.24, 2.45) is 0 Å². The average Bonchev–Trinajstić information content (AvgIpc) is 2.12. The molecule has 0 aliphatic rings. The van der Waals surface area contributed by atoms with Gasteiger partial charge in [-0.25, -0.2) is 9.59 Å². The number of carbonyl (C=O) groups is 2. The Labute approximate surface area is 77.3 Å². The van der Waals surface area contributed by atoms with Crippen molar-refractivity contribution in [3.63, 3.8) is 0 Å². The molecule has 0 spiro atoms. The Hall–Kier alpha value is -1.26. The van der Waals surface area contributed by atoms with Crippen LogP contribution in [0.5, 0.6) is 0 Å². The molecule has 1 atom stereocenters. The second-order valence-electron chi connectivity index (χ2n) is 2.52. The summed E-state index contributed by atoms with van der Waals surface area (Å²) >= 11 is 0. The van der Waals surface area contributed by atoms with Crippen LogP contribution in [-0.4, -0.2) is 41.8 Å². The zero-order chi connectivity index (χ0) is 10.4. The SMILES string of the molecule is CCC(C(=O)O)N(CC)C(=O)OC. The third kappa shape index (κ3) is 2.93. The molecule has 1 N–H and O–H groups in total. The van der Waals surface area contributed by atoms with Gasteiger partial charge in [0.2, 0.25) is 0 Å². The van der Waals surface area contributed by atoms with Crippen LogP contribution in [0.4, 0.5) is 4.79 Å². The van der Waals surface area contributed by atoms with Gasteiger partial charge in [-0.1, -0.05) is 6.92 Å². The minimum absolute atomic E-state index is 0.331. The minimum Gasteiger partial charge on any atom is -0.480 e. The van der Waals surface area contributed by atoms with Crippen molar-refractivity contribution < 1.29 is 19.4 Å². The van der Waals surface area contributed by atoms with Gasteiger partial charge >= 0.3 is 12.1 Å². The quantitative estimate of drug-likeness (QED) is 0.714. The lowest BCUT2D eigenvalue weighted by Gasteiger charge is -2.25. The number of carbonyl (C=O) groups excluding carboxylic acids is 1. The Balaban J connectivity index is 4.52. The number of carboxylic acid groups (broad SMARTS) is 1. The maximum Gasteiger partial charge on any atom is 0.410 e. The van der Waals surface area contributed by atoms with Gasteiger partial charge in [-0.2, -0.15) is 0 Å². The normalized spacial score (nSPS) is 11.9. The van der Waals surface area contributed by atoms with Crippen molar-refractivity contribution in [2.45, 2.75) is 26.3 Å². The average molecular weight is 189 g/mol. The summed E-state index contributed by atoms with van der Waals surface area (Å²) in [5.74, 6) is -1.00. The van der Waals surface area contributed by atoms with Gasteiger partial charge in [-0.3, -0.25) is 4.90 Å². The first-order valence-electron chi connectivity index (χ1n) is 4.15. The smallest absolute Gasteiger partial charge is 0.410 e. The molecule has 76 valence electrons. The molecule has 0 aliphatic heterocycles. The third-order valence-electron chi connectivity index (χ3n) is 1.80. The molecular formula is C8H15NO4. The lowest BCUT2D eigenvalue weighted by Crippen LogP contribution is -2.44. The van der Waals surface area contributed by atoms with Crippen LogP contribution in [0.3, 0.4) is 0 Å². The molecule has 1 unspecified atom stereocenters. The van der Waals surface area contributed by atoms with Crippen molar-refractivity contribution in [1.29, 1.82) is 0 Å². The van der Waals surface area contributed by atoms with E-state index < -0.39 is 18.1 Å². The molecule has 0 radical (unpaired) electrons. The Morgan fingerprint density at radius 1 is 1.46 bits per heavy atom. The zero-order valence-corrected chi connectivity index (χ0v) is 8.11. The van der Waals surface area contributed by atoms with Crippen LogP contribution in [0.15, 0.2) is 0 Å². The van der Waals surface area contributed by atoms with Crippen LogP contribution < -0.4 is 0 Å². The molecule has 0 aromatic rings. The minimum atomic E-state index is -1.00. The summed E-state index contributed by atoms with van der Waals surface area (Å²) in [6.45, 7) is 3.75. The van der Waals surface area contributed by atoms with Gasteiger partial charge in [0.15, 0.2) is 0 Å². The van der Waals surface area contributed by atoms with Crippen molar-refractivity contribution in [2.75, 3.05) is 13.7 Å². The molecule has 0 aliphatic carbocycles. The lowest BCUT2D eigenvalue weighted by molar-refractivity contribution is -0.142. The first-order valence-corrected chi connectivity index (χ1v) is 4.15. The van der Waals surface area contributed by atoms with Crippen LogP contribution in [-0.2, 0) is 9.53 Å². The summed E-state index contributed by atoms with van der Waals surface area (Å²) in [6.07, 6.45) is -0.227. The number of ether oxygens (including phenoxy) is 1. The first-order chi connectivity index (χ1) is 6.08. The van der Waals surface area contributed by atoms with E-state index in [0.717, 1.165) is 0 Å². The summed E-state index contributed by atoms with van der Waals surface area (Å²) in [5.41, 5.74) is 0. The number of hydrogen-bond donors (Lipinski definition) is 1. The highest BCUT2D eigenvalue weighted by molar-refractivity contribution is 5.79. The Morgan fingerprint density at radius 2 is 2.00 bits per heavy atom. The van der Waals surface area contributed by atoms with E-state index in [9.17, 15) is 9.59 Å². The number of amides is 1. The van der Waals surface area contributed by atoms with Crippen LogP contribution in [0.25, 0.3) is 0 Å². The standard InChI is InChI=1S/C8H15NO4/c1-4-6(7(10)11)9(5-2)8(12)13-3/h6H,4-5H2,1-3H3,(H,10,11). The molecular weight excluding hydrogens is 174 g/mol. The molecule has 0 aromatic heterocycles. The fraction of sp³-hybridized carbons (Fsp3) is 0.750. The topological polar surface area (TPSA) is 66.8 Å². The van der Waals surface area contributed by atoms with Crippen molar-refractivity contribution in [1.82, 2.24) is 4.90 Å². The number of methoxy groups -OCH3 is 1. The van der Waals surface area contributed by atoms with E-state index in [4.69, 9.17) is 5.11 Å². The van der Waals surface area contributed by atoms with Crippen LogP contribution >= 0.6 is 0 Å². The summed E-state index contributed by atoms with van der Waals surface area (Å²) in [6, 6.07) is -0.794. The van der Waals surface area contributed by atoms with Crippen LogP contribution in [0.1, 0.15) is 20.3 Å². The molecule has 0 bridgehead atoms. The van der Waals surface area contributed by atoms with E-state index in [1.54, 1.807) is 13.8 Å². The van der Waals surface area contributed by atoms with Gasteiger partial charge < -0.3 is 9.84 Å². The van der Waals surface area contributed by atoms with Gasteiger partial charge in [-0.05, 0) is 13.3 Å². The molecule has 0 fully saturated rings. The molecule has 0 saturated heterocycles. The van der Waals surface area contributed by atoms with Gasteiger partial charge in [0.05, 0.1) is 7.11 Å². The second-order valence-corrected chi connectivity index (χ2v) is 2.52. The number of rotatable bonds is 4. The molecule has 0 heterocycles. The monoisotopic (exact) mass is 189 g/mol. The predicted molar refractivity (Wildman–Crippen MR) is 46.5 cm³/mol. The zero-order valence-electron chi connectivity index (χ0n) is 8.11. The van der Waals surface area contributed by atoms with E-state index in [-0.39, 0.29) is 0 Å². The highest BCUT2D eigenvalue weighted by Gasteiger charge is 2.27. The van der Waals surface area contributed by atoms with Crippen molar-refractivity contribution >= 4 is 12.1 Å². The Morgan fingerprint density at radius 3 is 2.23 bits per heavy atom. The second kappa shape index (κ2) is 5.40. The number of likely N-dealkylation sites (N-methyl/N-ethyl adjacent to an activating group) is 1. The largest absolute Gasteiger partial charge is 0.480 e. The van der Waals surface area contributed by atoms with E-state index in [1.807, 2.05) is 0 Å². The van der Waals surface area contributed by atoms with E-state index in [0.29, 0.717) is 13.0 Å². The summed E-state index contributed by atoms with van der Waals surface area (Å²) < 4.78 is 4.46. The van der Waals surface area contributed by atoms with Crippen molar-refractivity contribution in [3.05, 3.63) is 0 Å². The van der Waals surface area contributed by atoms with Gasteiger partial charge in [-0.15, -0.1) is 0 Å². The molecule has 1 amide bonds. The number of aliphatic carboxylic acids is 1. The predicted octanol–water partition coefficient (Wildman–Crippen LogP) is 0.938. The third-order valence-corrected chi connectivity index (χ3v) is 1.80. The molecule has 0 saturated carbocycles. The fourth-order valence-electron chi connectivity index (χ4n) is 1.12. The van der Waals surface area contributed by atoms with E-state index >= 15 is 0 Å². The lowest BCUT2D eigenvalue weighted by atomic mass is 10.2. The van der Waals surface area contributed by atoms with E-state index in [1.165, 1.54) is 12.0 Å². The van der Waals surface area contributed by atoms with Gasteiger partial charge in [0, 0.05) is 6.54 Å². The Bertz CT molecular complexity index is 193. The number of carboxylic acids is 1. The summed E-state index contributed by atoms with van der Waals surface area (Å²) in [5, 5.41) is 8.77. The summed E-state index contributed by atoms with van der Waals surface area (Å²) in [7, 11) is 1.24. The fourth-order valence-corrected chi connectivity index (χ4v) is 1.12. The number of nitrogens with zero attached hydrogens (tertiary/aromatic N) is 1.